The van der Waals surface area contributed by atoms with Crippen molar-refractivity contribution in [2.45, 2.75) is 37.0 Å². The molecule has 0 fully saturated rings. The molecule has 0 aromatic carbocycles. The molecule has 0 saturated heterocycles. The number of imidazole rings is 2. The van der Waals surface area contributed by atoms with Crippen molar-refractivity contribution in [3.63, 3.8) is 0 Å². The minimum atomic E-state index is -1.47. The first-order valence-electron chi connectivity index (χ1n) is 9.80. The number of carboxylic acids is 1. The van der Waals surface area contributed by atoms with Crippen LogP contribution in [0.5, 0.6) is 0 Å². The van der Waals surface area contributed by atoms with Crippen LogP contribution in [0.2, 0.25) is 0 Å². The van der Waals surface area contributed by atoms with E-state index in [0.717, 1.165) is 0 Å². The number of aromatic nitrogens is 4. The fourth-order valence-corrected chi connectivity index (χ4v) is 2.74. The Kier molecular flexibility index (Phi) is 9.46. The molecule has 0 aliphatic heterocycles. The summed E-state index contributed by atoms with van der Waals surface area (Å²) in [5, 5.41) is 34.8. The van der Waals surface area contributed by atoms with Gasteiger partial charge < -0.3 is 47.0 Å². The second kappa shape index (κ2) is 12.3. The van der Waals surface area contributed by atoms with Crippen molar-refractivity contribution in [1.82, 2.24) is 35.9 Å². The third-order valence-electron chi connectivity index (χ3n) is 4.55. The van der Waals surface area contributed by atoms with E-state index in [1.807, 2.05) is 0 Å². The van der Waals surface area contributed by atoms with Gasteiger partial charge in [-0.05, 0) is 0 Å². The topological polar surface area (TPSA) is 248 Å². The lowest BCUT2D eigenvalue weighted by molar-refractivity contribution is -0.142. The molecule has 3 amide bonds. The highest BCUT2D eigenvalue weighted by molar-refractivity contribution is 5.94. The first-order chi connectivity index (χ1) is 15.7. The number of rotatable bonds is 13. The summed E-state index contributed by atoms with van der Waals surface area (Å²) >= 11 is 0. The number of H-pyrrole nitrogens is 2. The molecule has 4 atom stereocenters. The molecular weight excluding hydrogens is 440 g/mol. The van der Waals surface area contributed by atoms with Crippen molar-refractivity contribution in [2.75, 3.05) is 13.2 Å². The van der Waals surface area contributed by atoms with Crippen LogP contribution in [0.3, 0.4) is 0 Å². The summed E-state index contributed by atoms with van der Waals surface area (Å²) in [5.41, 5.74) is 6.32. The van der Waals surface area contributed by atoms with Crippen LogP contribution in [-0.4, -0.2) is 96.3 Å². The highest BCUT2D eigenvalue weighted by Gasteiger charge is 2.30. The first kappa shape index (κ1) is 25.4. The number of carboxylic acid groups (broad SMARTS) is 1. The number of nitrogens with zero attached hydrogens (tertiary/aromatic N) is 2. The molecule has 0 aliphatic carbocycles. The van der Waals surface area contributed by atoms with Crippen LogP contribution < -0.4 is 21.7 Å². The molecule has 180 valence electrons. The van der Waals surface area contributed by atoms with Gasteiger partial charge in [0.1, 0.15) is 24.2 Å². The molecule has 15 heteroatoms. The number of nitrogens with two attached hydrogens (primary N) is 1. The minimum Gasteiger partial charge on any atom is -0.480 e. The summed E-state index contributed by atoms with van der Waals surface area (Å²) in [6, 6.07) is -5.38. The molecule has 0 radical (unpaired) electrons. The molecule has 2 heterocycles. The number of aromatic amines is 2. The molecule has 2 rings (SSSR count). The van der Waals surface area contributed by atoms with E-state index in [9.17, 15) is 29.4 Å². The largest absolute Gasteiger partial charge is 0.480 e. The maximum Gasteiger partial charge on any atom is 0.326 e. The van der Waals surface area contributed by atoms with Crippen molar-refractivity contribution < 1.29 is 34.5 Å². The molecular formula is C18H26N8O7. The van der Waals surface area contributed by atoms with Gasteiger partial charge in [0.15, 0.2) is 0 Å². The Balaban J connectivity index is 2.13. The van der Waals surface area contributed by atoms with E-state index in [1.54, 1.807) is 0 Å². The lowest BCUT2D eigenvalue weighted by Gasteiger charge is -2.24. The van der Waals surface area contributed by atoms with E-state index in [-0.39, 0.29) is 12.8 Å². The van der Waals surface area contributed by atoms with Gasteiger partial charge in [-0.3, -0.25) is 14.4 Å². The van der Waals surface area contributed by atoms with Crippen LogP contribution in [0.15, 0.2) is 25.0 Å². The fraction of sp³-hybridized carbons (Fsp3) is 0.444. The van der Waals surface area contributed by atoms with E-state index in [4.69, 9.17) is 10.8 Å². The van der Waals surface area contributed by atoms with Gasteiger partial charge in [-0.1, -0.05) is 0 Å². The molecule has 15 nitrogen and oxygen atoms in total. The monoisotopic (exact) mass is 466 g/mol. The third kappa shape index (κ3) is 7.67. The van der Waals surface area contributed by atoms with Crippen molar-refractivity contribution in [3.8, 4) is 0 Å². The molecule has 0 unspecified atom stereocenters. The van der Waals surface area contributed by atoms with Crippen molar-refractivity contribution >= 4 is 23.7 Å². The smallest absolute Gasteiger partial charge is 0.326 e. The SMILES string of the molecule is N[C@@H](CO)C(=O)N[C@@H](CO)C(=O)N[C@@H](Cc1cnc[nH]1)C(=O)N[C@@H](Cc1cnc[nH]1)C(=O)O. The summed E-state index contributed by atoms with van der Waals surface area (Å²) in [6.07, 6.45) is 5.38. The molecule has 0 bridgehead atoms. The van der Waals surface area contributed by atoms with Gasteiger partial charge in [0.2, 0.25) is 17.7 Å². The van der Waals surface area contributed by atoms with Crippen LogP contribution in [0.4, 0.5) is 0 Å². The molecule has 0 spiro atoms. The summed E-state index contributed by atoms with van der Waals surface area (Å²) < 4.78 is 0. The molecule has 33 heavy (non-hydrogen) atoms. The Morgan fingerprint density at radius 2 is 1.30 bits per heavy atom. The average molecular weight is 466 g/mol. The number of hydrogen-bond acceptors (Lipinski definition) is 9. The summed E-state index contributed by atoms with van der Waals surface area (Å²) in [5.74, 6) is -3.93. The Hall–Kier alpha value is -3.82. The first-order valence-corrected chi connectivity index (χ1v) is 9.80. The number of carbonyl (C=O) groups is 4. The summed E-state index contributed by atoms with van der Waals surface area (Å²) in [4.78, 5) is 62.1. The van der Waals surface area contributed by atoms with Gasteiger partial charge in [-0.15, -0.1) is 0 Å². The number of nitrogens with one attached hydrogen (secondary N) is 5. The fourth-order valence-electron chi connectivity index (χ4n) is 2.74. The van der Waals surface area contributed by atoms with Gasteiger partial charge in [0, 0.05) is 36.6 Å². The predicted molar refractivity (Wildman–Crippen MR) is 110 cm³/mol. The lowest BCUT2D eigenvalue weighted by atomic mass is 10.1. The zero-order valence-corrected chi connectivity index (χ0v) is 17.4. The molecule has 2 aromatic rings. The second-order valence-electron chi connectivity index (χ2n) is 7.06. The Labute approximate surface area is 187 Å². The normalized spacial score (nSPS) is 14.5. The Morgan fingerprint density at radius 1 is 0.818 bits per heavy atom. The van der Waals surface area contributed by atoms with Gasteiger partial charge in [0.25, 0.3) is 0 Å². The van der Waals surface area contributed by atoms with Crippen molar-refractivity contribution in [2.24, 2.45) is 5.73 Å². The lowest BCUT2D eigenvalue weighted by Crippen LogP contribution is -2.59. The highest BCUT2D eigenvalue weighted by Crippen LogP contribution is 2.04. The second-order valence-corrected chi connectivity index (χ2v) is 7.06. The van der Waals surface area contributed by atoms with Crippen LogP contribution in [0, 0.1) is 0 Å². The van der Waals surface area contributed by atoms with E-state index in [1.165, 1.54) is 25.0 Å². The van der Waals surface area contributed by atoms with Gasteiger partial charge in [-0.2, -0.15) is 0 Å². The van der Waals surface area contributed by atoms with Crippen LogP contribution in [-0.2, 0) is 32.0 Å². The highest BCUT2D eigenvalue weighted by atomic mass is 16.4. The zero-order chi connectivity index (χ0) is 24.4. The van der Waals surface area contributed by atoms with Crippen molar-refractivity contribution in [1.29, 1.82) is 0 Å². The molecule has 0 saturated carbocycles. The maximum atomic E-state index is 12.9. The minimum absolute atomic E-state index is 0.0832. The molecule has 0 aliphatic rings. The van der Waals surface area contributed by atoms with Crippen LogP contribution in [0.1, 0.15) is 11.4 Å². The zero-order valence-electron chi connectivity index (χ0n) is 17.4. The van der Waals surface area contributed by atoms with E-state index in [0.29, 0.717) is 11.4 Å². The number of aliphatic carboxylic acids is 1. The number of hydrogen-bond donors (Lipinski definition) is 9. The predicted octanol–water partition coefficient (Wildman–Crippen LogP) is -4.23. The maximum absolute atomic E-state index is 12.9. The van der Waals surface area contributed by atoms with E-state index >= 15 is 0 Å². The quantitative estimate of drug-likeness (QED) is 0.137. The Morgan fingerprint density at radius 3 is 1.76 bits per heavy atom. The van der Waals surface area contributed by atoms with E-state index < -0.39 is 61.1 Å². The van der Waals surface area contributed by atoms with Crippen molar-refractivity contribution in [3.05, 3.63) is 36.4 Å². The number of carbonyl (C=O) groups excluding carboxylic acids is 3. The average Bonchev–Trinajstić information content (AvgIpc) is 3.49. The third-order valence-corrected chi connectivity index (χ3v) is 4.55. The van der Waals surface area contributed by atoms with Crippen LogP contribution in [0.25, 0.3) is 0 Å². The summed E-state index contributed by atoms with van der Waals surface area (Å²) in [7, 11) is 0. The Bertz CT molecular complexity index is 918. The number of aliphatic hydroxyl groups is 2. The molecule has 2 aromatic heterocycles. The van der Waals surface area contributed by atoms with E-state index in [2.05, 4.69) is 35.9 Å². The number of amides is 3. The summed E-state index contributed by atoms with van der Waals surface area (Å²) in [6.45, 7) is -1.49. The van der Waals surface area contributed by atoms with Crippen LogP contribution >= 0.6 is 0 Å². The standard InChI is InChI=1S/C18H26N8O7/c19-11(5-27)15(29)26-14(6-28)17(31)24-12(1-9-3-20-7-22-9)16(30)25-13(18(32)33)2-10-4-21-8-23-10/h3-4,7-8,11-14,27-28H,1-2,5-6,19H2,(H,20,22)(H,21,23)(H,24,31)(H,25,30)(H,26,29)(H,32,33)/t11-,12-,13-,14-/m0/s1. The van der Waals surface area contributed by atoms with Gasteiger partial charge in [0.05, 0.1) is 25.9 Å². The van der Waals surface area contributed by atoms with Gasteiger partial charge >= 0.3 is 5.97 Å². The molecule has 10 N–H and O–H groups in total. The number of aliphatic hydroxyl groups excluding tert-OH is 2. The van der Waals surface area contributed by atoms with Gasteiger partial charge in [-0.25, -0.2) is 14.8 Å².